The maximum Gasteiger partial charge on any atom is 0.251 e. The van der Waals surface area contributed by atoms with Crippen LogP contribution in [0.5, 0.6) is 0 Å². The van der Waals surface area contributed by atoms with E-state index in [1.54, 1.807) is 0 Å². The zero-order chi connectivity index (χ0) is 29.4. The van der Waals surface area contributed by atoms with E-state index in [4.69, 9.17) is 11.6 Å². The lowest BCUT2D eigenvalue weighted by atomic mass is 9.87. The zero-order valence-corrected chi connectivity index (χ0v) is 27.0. The number of nitrogens with one attached hydrogen (secondary N) is 1. The average Bonchev–Trinajstić information content (AvgIpc) is 2.95. The molecule has 0 aliphatic heterocycles. The summed E-state index contributed by atoms with van der Waals surface area (Å²) < 4.78 is 0. The monoisotopic (exact) mass is 565 g/mol. The Morgan fingerprint density at radius 2 is 1.68 bits per heavy atom. The second-order valence-corrected chi connectivity index (χ2v) is 12.3. The molecule has 220 valence electrons. The van der Waals surface area contributed by atoms with Gasteiger partial charge in [-0.15, -0.1) is 0 Å². The van der Waals surface area contributed by atoms with E-state index in [0.29, 0.717) is 35.1 Å². The zero-order valence-electron chi connectivity index (χ0n) is 26.2. The lowest BCUT2D eigenvalue weighted by molar-refractivity contribution is 0.0953. The molecule has 0 bridgehead atoms. The van der Waals surface area contributed by atoms with Crippen molar-refractivity contribution >= 4 is 28.8 Å². The molecule has 0 saturated heterocycles. The molecule has 1 aliphatic rings. The number of amides is 1. The van der Waals surface area contributed by atoms with Crippen LogP contribution in [0.1, 0.15) is 113 Å². The van der Waals surface area contributed by atoms with Crippen molar-refractivity contribution in [1.29, 1.82) is 0 Å². The van der Waals surface area contributed by atoms with Gasteiger partial charge in [-0.2, -0.15) is 0 Å². The van der Waals surface area contributed by atoms with Crippen molar-refractivity contribution in [3.63, 3.8) is 0 Å². The van der Waals surface area contributed by atoms with Crippen LogP contribution in [0.25, 0.3) is 5.57 Å². The number of benzene rings is 2. The normalized spacial score (nSPS) is 18.9. The third kappa shape index (κ3) is 7.70. The molecule has 1 saturated carbocycles. The average molecular weight is 566 g/mol. The molecule has 1 aliphatic carbocycles. The van der Waals surface area contributed by atoms with Gasteiger partial charge in [0.05, 0.1) is 0 Å². The third-order valence-corrected chi connectivity index (χ3v) is 9.38. The predicted molar refractivity (Wildman–Crippen MR) is 174 cm³/mol. The smallest absolute Gasteiger partial charge is 0.251 e. The molecule has 3 rings (SSSR count). The van der Waals surface area contributed by atoms with Gasteiger partial charge >= 0.3 is 0 Å². The highest BCUT2D eigenvalue weighted by atomic mass is 35.5. The number of anilines is 1. The summed E-state index contributed by atoms with van der Waals surface area (Å²) in [5, 5.41) is 3.83. The highest BCUT2D eigenvalue weighted by Gasteiger charge is 2.28. The van der Waals surface area contributed by atoms with Crippen LogP contribution in [0.15, 0.2) is 42.0 Å². The summed E-state index contributed by atoms with van der Waals surface area (Å²) >= 11 is 6.61. The van der Waals surface area contributed by atoms with Crippen molar-refractivity contribution < 1.29 is 4.79 Å². The molecule has 0 spiro atoms. The van der Waals surface area contributed by atoms with Gasteiger partial charge in [0.2, 0.25) is 0 Å². The van der Waals surface area contributed by atoms with Crippen LogP contribution in [0.4, 0.5) is 5.69 Å². The minimum Gasteiger partial charge on any atom is -0.369 e. The molecule has 5 heteroatoms. The van der Waals surface area contributed by atoms with Crippen molar-refractivity contribution in [2.24, 2.45) is 0 Å². The van der Waals surface area contributed by atoms with E-state index < -0.39 is 0 Å². The SMILES string of the molecule is CCC(=C(C)CCNC(=O)c1cc(Cl)cc(N(CC)C2CCC(N(C)C)CC2)c1C)c1ccccc1C(C)CC. The summed E-state index contributed by atoms with van der Waals surface area (Å²) in [5.74, 6) is 0.482. The summed E-state index contributed by atoms with van der Waals surface area (Å²) in [6, 6.07) is 13.8. The summed E-state index contributed by atoms with van der Waals surface area (Å²) in [6.45, 7) is 14.8. The van der Waals surface area contributed by atoms with Gasteiger partial charge in [0.15, 0.2) is 0 Å². The van der Waals surface area contributed by atoms with Crippen LogP contribution in [0, 0.1) is 6.92 Å². The van der Waals surface area contributed by atoms with Gasteiger partial charge in [0.25, 0.3) is 5.91 Å². The predicted octanol–water partition coefficient (Wildman–Crippen LogP) is 8.86. The van der Waals surface area contributed by atoms with E-state index in [1.165, 1.54) is 35.1 Å². The number of rotatable bonds is 12. The number of carbonyl (C=O) groups excluding carboxylic acids is 1. The summed E-state index contributed by atoms with van der Waals surface area (Å²) in [4.78, 5) is 18.3. The molecule has 1 fully saturated rings. The summed E-state index contributed by atoms with van der Waals surface area (Å²) in [7, 11) is 4.36. The van der Waals surface area contributed by atoms with Gasteiger partial charge in [-0.1, -0.05) is 62.2 Å². The largest absolute Gasteiger partial charge is 0.369 e. The van der Waals surface area contributed by atoms with Crippen LogP contribution in [-0.4, -0.2) is 50.1 Å². The molecule has 1 unspecified atom stereocenters. The molecular weight excluding hydrogens is 514 g/mol. The van der Waals surface area contributed by atoms with E-state index in [1.807, 2.05) is 12.1 Å². The Bertz CT molecular complexity index is 1160. The molecule has 1 atom stereocenters. The number of allylic oxidation sites excluding steroid dienone is 1. The first kappa shape index (κ1) is 32.2. The lowest BCUT2D eigenvalue weighted by Crippen LogP contribution is -2.42. The van der Waals surface area contributed by atoms with Crippen LogP contribution in [-0.2, 0) is 0 Å². The van der Waals surface area contributed by atoms with Crippen molar-refractivity contribution in [2.75, 3.05) is 32.1 Å². The Hall–Kier alpha value is -2.30. The summed E-state index contributed by atoms with van der Waals surface area (Å²) in [6.07, 6.45) is 7.66. The molecule has 0 heterocycles. The van der Waals surface area contributed by atoms with Gasteiger partial charge in [-0.3, -0.25) is 4.79 Å². The van der Waals surface area contributed by atoms with Gasteiger partial charge < -0.3 is 15.1 Å². The number of hydrogen-bond donors (Lipinski definition) is 1. The molecule has 4 nitrogen and oxygen atoms in total. The van der Waals surface area contributed by atoms with E-state index >= 15 is 0 Å². The Kier molecular flexibility index (Phi) is 12.1. The number of halogens is 1. The first-order chi connectivity index (χ1) is 19.1. The van der Waals surface area contributed by atoms with Crippen molar-refractivity contribution in [3.8, 4) is 0 Å². The van der Waals surface area contributed by atoms with Crippen LogP contribution >= 0.6 is 11.6 Å². The maximum absolute atomic E-state index is 13.4. The number of nitrogens with zero attached hydrogens (tertiary/aromatic N) is 2. The first-order valence-electron chi connectivity index (χ1n) is 15.4. The maximum atomic E-state index is 13.4. The molecule has 1 amide bonds. The minimum atomic E-state index is -0.0422. The van der Waals surface area contributed by atoms with Gasteiger partial charge in [-0.05, 0) is 120 Å². The second-order valence-electron chi connectivity index (χ2n) is 11.8. The summed E-state index contributed by atoms with van der Waals surface area (Å²) in [5.41, 5.74) is 8.31. The van der Waals surface area contributed by atoms with Gasteiger partial charge in [0, 0.05) is 41.4 Å². The van der Waals surface area contributed by atoms with Gasteiger partial charge in [0.1, 0.15) is 0 Å². The molecule has 0 radical (unpaired) electrons. The number of hydrogen-bond acceptors (Lipinski definition) is 3. The van der Waals surface area contributed by atoms with Crippen LogP contribution < -0.4 is 10.2 Å². The molecule has 0 aromatic heterocycles. The Morgan fingerprint density at radius 1 is 1.02 bits per heavy atom. The van der Waals surface area contributed by atoms with Crippen LogP contribution in [0.3, 0.4) is 0 Å². The standard InChI is InChI=1S/C35H52ClN3O/c1-9-24(4)31-14-12-13-15-32(31)30(10-2)25(5)20-21-37-35(40)33-22-27(36)23-34(26(33)6)39(11-3)29-18-16-28(17-19-29)38(7)8/h12-15,22-24,28-29H,9-11,16-21H2,1-8H3,(H,37,40). The number of carbonyl (C=O) groups is 1. The molecule has 2 aromatic carbocycles. The topological polar surface area (TPSA) is 35.6 Å². The van der Waals surface area contributed by atoms with E-state index in [9.17, 15) is 4.79 Å². The highest BCUT2D eigenvalue weighted by Crippen LogP contribution is 2.35. The fourth-order valence-corrected chi connectivity index (χ4v) is 6.68. The fraction of sp³-hybridized carbons (Fsp3) is 0.571. The van der Waals surface area contributed by atoms with Crippen LogP contribution in [0.2, 0.25) is 5.02 Å². The molecule has 40 heavy (non-hydrogen) atoms. The quantitative estimate of drug-likeness (QED) is 0.279. The Balaban J connectivity index is 1.74. The molecular formula is C35H52ClN3O. The van der Waals surface area contributed by atoms with Crippen molar-refractivity contribution in [1.82, 2.24) is 10.2 Å². The molecule has 1 N–H and O–H groups in total. The van der Waals surface area contributed by atoms with E-state index in [-0.39, 0.29) is 5.91 Å². The lowest BCUT2D eigenvalue weighted by Gasteiger charge is -2.40. The highest BCUT2D eigenvalue weighted by molar-refractivity contribution is 6.31. The third-order valence-electron chi connectivity index (χ3n) is 9.16. The van der Waals surface area contributed by atoms with E-state index in [2.05, 4.69) is 95.0 Å². The second kappa shape index (κ2) is 15.1. The fourth-order valence-electron chi connectivity index (χ4n) is 6.46. The molecule has 2 aromatic rings. The van der Waals surface area contributed by atoms with E-state index in [0.717, 1.165) is 49.9 Å². The van der Waals surface area contributed by atoms with Crippen molar-refractivity contribution in [3.05, 3.63) is 69.2 Å². The van der Waals surface area contributed by atoms with Gasteiger partial charge in [-0.25, -0.2) is 0 Å². The Morgan fingerprint density at radius 3 is 2.27 bits per heavy atom. The minimum absolute atomic E-state index is 0.0422. The van der Waals surface area contributed by atoms with Crippen molar-refractivity contribution in [2.45, 2.75) is 104 Å². The Labute approximate surface area is 249 Å². The first-order valence-corrected chi connectivity index (χ1v) is 15.8.